The third-order valence-corrected chi connectivity index (χ3v) is 2.99. The zero-order valence-electron chi connectivity index (χ0n) is 11.7. The Bertz CT molecular complexity index is 810. The first-order valence-electron chi connectivity index (χ1n) is 6.44. The minimum atomic E-state index is -0.161. The van der Waals surface area contributed by atoms with Gasteiger partial charge in [-0.3, -0.25) is 4.79 Å². The van der Waals surface area contributed by atoms with Gasteiger partial charge in [-0.15, -0.1) is 0 Å². The highest BCUT2D eigenvalue weighted by Crippen LogP contribution is 2.22. The quantitative estimate of drug-likeness (QED) is 0.800. The van der Waals surface area contributed by atoms with Gasteiger partial charge in [0.15, 0.2) is 11.5 Å². The number of imidazole rings is 1. The predicted molar refractivity (Wildman–Crippen MR) is 79.3 cm³/mol. The Hall–Kier alpha value is -2.89. The summed E-state index contributed by atoms with van der Waals surface area (Å²) in [6.07, 6.45) is 1.68. The summed E-state index contributed by atoms with van der Waals surface area (Å²) in [5.41, 5.74) is 2.42. The second-order valence-electron chi connectivity index (χ2n) is 4.56. The van der Waals surface area contributed by atoms with Crippen LogP contribution in [0.3, 0.4) is 0 Å². The van der Waals surface area contributed by atoms with E-state index in [0.717, 1.165) is 17.0 Å². The Morgan fingerprint density at radius 3 is 2.90 bits per heavy atom. The van der Waals surface area contributed by atoms with Crippen molar-refractivity contribution in [3.63, 3.8) is 0 Å². The van der Waals surface area contributed by atoms with Crippen LogP contribution in [0.2, 0.25) is 0 Å². The number of aromatic nitrogens is 3. The Balaban J connectivity index is 2.01. The molecule has 106 valence electrons. The second-order valence-corrected chi connectivity index (χ2v) is 4.56. The first-order valence-corrected chi connectivity index (χ1v) is 6.44. The van der Waals surface area contributed by atoms with E-state index in [1.807, 2.05) is 36.4 Å². The normalized spacial score (nSPS) is 10.6. The SMILES string of the molecule is COc1cccc(-c2ccc3nc(NC(C)=O)cn3n2)c1. The molecule has 21 heavy (non-hydrogen) atoms. The molecule has 6 heteroatoms. The minimum absolute atomic E-state index is 0.161. The molecule has 0 saturated heterocycles. The molecule has 0 bridgehead atoms. The largest absolute Gasteiger partial charge is 0.497 e. The molecule has 2 heterocycles. The number of carbonyl (C=O) groups is 1. The van der Waals surface area contributed by atoms with Gasteiger partial charge in [0.1, 0.15) is 5.75 Å². The van der Waals surface area contributed by atoms with E-state index < -0.39 is 0 Å². The van der Waals surface area contributed by atoms with Crippen LogP contribution in [0.1, 0.15) is 6.92 Å². The standard InChI is InChI=1S/C15H14N4O2/c1-10(20)16-14-9-19-15(17-14)7-6-13(18-19)11-4-3-5-12(8-11)21-2/h3-9H,1-2H3,(H,16,20). The minimum Gasteiger partial charge on any atom is -0.497 e. The Morgan fingerprint density at radius 2 is 2.14 bits per heavy atom. The number of ether oxygens (including phenoxy) is 1. The van der Waals surface area contributed by atoms with E-state index >= 15 is 0 Å². The lowest BCUT2D eigenvalue weighted by molar-refractivity contribution is -0.114. The van der Waals surface area contributed by atoms with Gasteiger partial charge in [-0.05, 0) is 24.3 Å². The van der Waals surface area contributed by atoms with E-state index in [2.05, 4.69) is 15.4 Å². The molecule has 1 aromatic carbocycles. The number of amides is 1. The molecule has 0 unspecified atom stereocenters. The van der Waals surface area contributed by atoms with Crippen LogP contribution in [0.15, 0.2) is 42.6 Å². The lowest BCUT2D eigenvalue weighted by atomic mass is 10.1. The highest BCUT2D eigenvalue weighted by Gasteiger charge is 2.06. The van der Waals surface area contributed by atoms with Crippen molar-refractivity contribution >= 4 is 17.4 Å². The van der Waals surface area contributed by atoms with Crippen molar-refractivity contribution in [3.05, 3.63) is 42.6 Å². The number of nitrogens with one attached hydrogen (secondary N) is 1. The van der Waals surface area contributed by atoms with Gasteiger partial charge in [0.2, 0.25) is 5.91 Å². The molecular formula is C15H14N4O2. The number of hydrogen-bond acceptors (Lipinski definition) is 4. The second kappa shape index (κ2) is 5.24. The van der Waals surface area contributed by atoms with Crippen LogP contribution < -0.4 is 10.1 Å². The van der Waals surface area contributed by atoms with Crippen molar-refractivity contribution in [3.8, 4) is 17.0 Å². The molecule has 0 atom stereocenters. The zero-order valence-corrected chi connectivity index (χ0v) is 11.7. The molecule has 3 rings (SSSR count). The number of anilines is 1. The summed E-state index contributed by atoms with van der Waals surface area (Å²) in [5, 5.41) is 7.14. The van der Waals surface area contributed by atoms with E-state index in [1.54, 1.807) is 17.8 Å². The van der Waals surface area contributed by atoms with Gasteiger partial charge in [-0.2, -0.15) is 5.10 Å². The molecule has 2 aromatic heterocycles. The Morgan fingerprint density at radius 1 is 1.29 bits per heavy atom. The summed E-state index contributed by atoms with van der Waals surface area (Å²) in [7, 11) is 1.63. The van der Waals surface area contributed by atoms with E-state index in [9.17, 15) is 4.79 Å². The number of fused-ring (bicyclic) bond motifs is 1. The van der Waals surface area contributed by atoms with E-state index in [4.69, 9.17) is 4.74 Å². The fourth-order valence-electron chi connectivity index (χ4n) is 2.06. The first kappa shape index (κ1) is 13.1. The number of nitrogens with zero attached hydrogens (tertiary/aromatic N) is 3. The number of methoxy groups -OCH3 is 1. The highest BCUT2D eigenvalue weighted by atomic mass is 16.5. The summed E-state index contributed by atoms with van der Waals surface area (Å²) in [4.78, 5) is 15.3. The average molecular weight is 282 g/mol. The van der Waals surface area contributed by atoms with Crippen molar-refractivity contribution < 1.29 is 9.53 Å². The lowest BCUT2D eigenvalue weighted by Crippen LogP contribution is -2.05. The first-order chi connectivity index (χ1) is 10.2. The molecule has 0 spiro atoms. The Kier molecular flexibility index (Phi) is 3.27. The molecule has 1 amide bonds. The van der Waals surface area contributed by atoms with Crippen molar-refractivity contribution in [2.24, 2.45) is 0 Å². The van der Waals surface area contributed by atoms with Crippen LogP contribution in [0, 0.1) is 0 Å². The van der Waals surface area contributed by atoms with Gasteiger partial charge >= 0.3 is 0 Å². The van der Waals surface area contributed by atoms with Crippen molar-refractivity contribution in [2.45, 2.75) is 6.92 Å². The molecule has 0 saturated carbocycles. The third-order valence-electron chi connectivity index (χ3n) is 2.99. The van der Waals surface area contributed by atoms with Crippen LogP contribution in [-0.2, 0) is 4.79 Å². The van der Waals surface area contributed by atoms with Gasteiger partial charge in [0, 0.05) is 12.5 Å². The van der Waals surface area contributed by atoms with Crippen LogP contribution in [0.4, 0.5) is 5.82 Å². The molecule has 6 nitrogen and oxygen atoms in total. The van der Waals surface area contributed by atoms with E-state index in [-0.39, 0.29) is 5.91 Å². The smallest absolute Gasteiger partial charge is 0.222 e. The fraction of sp³-hybridized carbons (Fsp3) is 0.133. The topological polar surface area (TPSA) is 68.5 Å². The highest BCUT2D eigenvalue weighted by molar-refractivity contribution is 5.87. The van der Waals surface area contributed by atoms with Gasteiger partial charge in [-0.25, -0.2) is 9.50 Å². The summed E-state index contributed by atoms with van der Waals surface area (Å²) < 4.78 is 6.86. The van der Waals surface area contributed by atoms with Crippen LogP contribution >= 0.6 is 0 Å². The van der Waals surface area contributed by atoms with Crippen LogP contribution in [0.5, 0.6) is 5.75 Å². The van der Waals surface area contributed by atoms with Crippen molar-refractivity contribution in [2.75, 3.05) is 12.4 Å². The van der Waals surface area contributed by atoms with E-state index in [1.165, 1.54) is 6.92 Å². The van der Waals surface area contributed by atoms with Gasteiger partial charge in [-0.1, -0.05) is 12.1 Å². The zero-order chi connectivity index (χ0) is 14.8. The third kappa shape index (κ3) is 2.69. The Labute approximate surface area is 121 Å². The van der Waals surface area contributed by atoms with Crippen LogP contribution in [-0.4, -0.2) is 27.6 Å². The van der Waals surface area contributed by atoms with Gasteiger partial charge in [0.25, 0.3) is 0 Å². The van der Waals surface area contributed by atoms with Gasteiger partial charge < -0.3 is 10.1 Å². The molecule has 0 fully saturated rings. The molecular weight excluding hydrogens is 268 g/mol. The number of carbonyl (C=O) groups excluding carboxylic acids is 1. The average Bonchev–Trinajstić information content (AvgIpc) is 2.87. The summed E-state index contributed by atoms with van der Waals surface area (Å²) in [5.74, 6) is 1.10. The maximum absolute atomic E-state index is 11.1. The lowest BCUT2D eigenvalue weighted by Gasteiger charge is -2.04. The number of hydrogen-bond donors (Lipinski definition) is 1. The van der Waals surface area contributed by atoms with Gasteiger partial charge in [0.05, 0.1) is 19.0 Å². The van der Waals surface area contributed by atoms with Crippen molar-refractivity contribution in [1.29, 1.82) is 0 Å². The maximum Gasteiger partial charge on any atom is 0.222 e. The number of benzene rings is 1. The molecule has 0 aliphatic heterocycles. The summed E-state index contributed by atoms with van der Waals surface area (Å²) >= 11 is 0. The van der Waals surface area contributed by atoms with Crippen molar-refractivity contribution in [1.82, 2.24) is 14.6 Å². The van der Waals surface area contributed by atoms with E-state index in [0.29, 0.717) is 11.5 Å². The number of rotatable bonds is 3. The predicted octanol–water partition coefficient (Wildman–Crippen LogP) is 2.36. The summed E-state index contributed by atoms with van der Waals surface area (Å²) in [6.45, 7) is 1.44. The molecule has 1 N–H and O–H groups in total. The molecule has 3 aromatic rings. The molecule has 0 aliphatic rings. The molecule has 0 aliphatic carbocycles. The van der Waals surface area contributed by atoms with Crippen LogP contribution in [0.25, 0.3) is 16.9 Å². The maximum atomic E-state index is 11.1. The monoisotopic (exact) mass is 282 g/mol. The summed E-state index contributed by atoms with van der Waals surface area (Å²) in [6, 6.07) is 11.4. The molecule has 0 radical (unpaired) electrons. The fourth-order valence-corrected chi connectivity index (χ4v) is 2.06.